The lowest BCUT2D eigenvalue weighted by molar-refractivity contribution is -0.134. The Labute approximate surface area is 137 Å². The van der Waals surface area contributed by atoms with Gasteiger partial charge in [0.1, 0.15) is 0 Å². The van der Waals surface area contributed by atoms with Crippen LogP contribution in [-0.4, -0.2) is 11.7 Å². The van der Waals surface area contributed by atoms with E-state index in [1.165, 1.54) is 0 Å². The molecule has 0 heterocycles. The molecule has 22 heavy (non-hydrogen) atoms. The van der Waals surface area contributed by atoms with Gasteiger partial charge in [0.15, 0.2) is 5.78 Å². The summed E-state index contributed by atoms with van der Waals surface area (Å²) in [7, 11) is 0. The molecule has 0 aromatic heterocycles. The molecule has 5 heteroatoms. The predicted molar refractivity (Wildman–Crippen MR) is 87.1 cm³/mol. The quantitative estimate of drug-likeness (QED) is 0.604. The largest absolute Gasteiger partial charge is 0.294 e. The summed E-state index contributed by atoms with van der Waals surface area (Å²) in [5, 5.41) is 0. The van der Waals surface area contributed by atoms with Gasteiger partial charge >= 0.3 is 0 Å². The van der Waals surface area contributed by atoms with Crippen LogP contribution in [0.4, 0.5) is 0 Å². The maximum absolute atomic E-state index is 11.9. The summed E-state index contributed by atoms with van der Waals surface area (Å²) in [5.74, 6) is -0.368. The number of halogens is 1. The lowest BCUT2D eigenvalue weighted by Gasteiger charge is -2.06. The van der Waals surface area contributed by atoms with E-state index in [1.54, 1.807) is 24.3 Å². The van der Waals surface area contributed by atoms with Gasteiger partial charge in [-0.05, 0) is 17.7 Å². The summed E-state index contributed by atoms with van der Waals surface area (Å²) in [4.78, 5) is 28.7. The molecular weight excluding hydrogens is 346 g/mol. The van der Waals surface area contributed by atoms with Gasteiger partial charge in [-0.1, -0.05) is 58.4 Å². The molecule has 0 unspecified atom stereocenters. The van der Waals surface area contributed by atoms with Crippen molar-refractivity contribution in [1.29, 1.82) is 0 Å². The highest BCUT2D eigenvalue weighted by Crippen LogP contribution is 2.12. The fourth-order valence-corrected chi connectivity index (χ4v) is 2.10. The van der Waals surface area contributed by atoms with Gasteiger partial charge in [0.2, 0.25) is 5.91 Å². The second kappa shape index (κ2) is 8.46. The maximum Gasteiger partial charge on any atom is 0.243 e. The summed E-state index contributed by atoms with van der Waals surface area (Å²) in [5.41, 5.74) is 3.91. The lowest BCUT2D eigenvalue weighted by Crippen LogP contribution is -2.24. The minimum Gasteiger partial charge on any atom is -0.294 e. The van der Waals surface area contributed by atoms with Gasteiger partial charge in [-0.2, -0.15) is 0 Å². The highest BCUT2D eigenvalue weighted by Gasteiger charge is 2.09. The molecule has 4 nitrogen and oxygen atoms in total. The Balaban J connectivity index is 1.69. The van der Waals surface area contributed by atoms with Crippen LogP contribution in [0.25, 0.3) is 0 Å². The van der Waals surface area contributed by atoms with E-state index in [4.69, 9.17) is 4.84 Å². The normalized spacial score (nSPS) is 10.2. The Morgan fingerprint density at radius 2 is 1.64 bits per heavy atom. The van der Waals surface area contributed by atoms with E-state index < -0.39 is 0 Å². The molecule has 2 rings (SSSR count). The second-order valence-electron chi connectivity index (χ2n) is 4.73. The summed E-state index contributed by atoms with van der Waals surface area (Å²) in [6.07, 6.45) is 0.256. The molecule has 2 aromatic carbocycles. The first-order valence-corrected chi connectivity index (χ1v) is 7.68. The third kappa shape index (κ3) is 5.42. The first-order chi connectivity index (χ1) is 10.6. The molecule has 0 fully saturated rings. The van der Waals surface area contributed by atoms with Crippen molar-refractivity contribution < 1.29 is 14.4 Å². The van der Waals surface area contributed by atoms with Crippen molar-refractivity contribution in [2.75, 3.05) is 0 Å². The molecule has 0 spiro atoms. The number of hydrogen-bond donors (Lipinski definition) is 1. The fraction of sp³-hybridized carbons (Fsp3) is 0.176. The van der Waals surface area contributed by atoms with E-state index in [0.717, 1.165) is 10.0 Å². The van der Waals surface area contributed by atoms with Crippen LogP contribution >= 0.6 is 15.9 Å². The van der Waals surface area contributed by atoms with Gasteiger partial charge in [-0.3, -0.25) is 14.4 Å². The van der Waals surface area contributed by atoms with Crippen LogP contribution in [0.2, 0.25) is 0 Å². The van der Waals surface area contributed by atoms with Gasteiger partial charge < -0.3 is 0 Å². The van der Waals surface area contributed by atoms with Crippen LogP contribution in [0, 0.1) is 0 Å². The molecule has 0 radical (unpaired) electrons. The van der Waals surface area contributed by atoms with E-state index in [-0.39, 0.29) is 24.5 Å². The Hall–Kier alpha value is -1.98. The van der Waals surface area contributed by atoms with Crippen LogP contribution in [0.1, 0.15) is 28.8 Å². The Morgan fingerprint density at radius 1 is 0.955 bits per heavy atom. The number of nitrogens with one attached hydrogen (secondary N) is 1. The van der Waals surface area contributed by atoms with Crippen molar-refractivity contribution in [2.24, 2.45) is 0 Å². The van der Waals surface area contributed by atoms with Crippen LogP contribution in [-0.2, 0) is 16.2 Å². The van der Waals surface area contributed by atoms with E-state index >= 15 is 0 Å². The smallest absolute Gasteiger partial charge is 0.243 e. The molecular formula is C17H16BrNO3. The number of Topliss-reactive ketones (excluding diaryl/α,β-unsaturated/α-hetero) is 1. The predicted octanol–water partition coefficient (Wildman–Crippen LogP) is 3.66. The number of rotatable bonds is 7. The van der Waals surface area contributed by atoms with E-state index in [9.17, 15) is 9.59 Å². The number of hydroxylamine groups is 1. The monoisotopic (exact) mass is 361 g/mol. The fourth-order valence-electron chi connectivity index (χ4n) is 1.83. The lowest BCUT2D eigenvalue weighted by atomic mass is 10.1. The third-order valence-electron chi connectivity index (χ3n) is 3.01. The van der Waals surface area contributed by atoms with Gasteiger partial charge in [0, 0.05) is 22.9 Å². The highest BCUT2D eigenvalue weighted by atomic mass is 79.9. The highest BCUT2D eigenvalue weighted by molar-refractivity contribution is 9.10. The van der Waals surface area contributed by atoms with Crippen LogP contribution in [0.5, 0.6) is 0 Å². The zero-order valence-corrected chi connectivity index (χ0v) is 13.5. The summed E-state index contributed by atoms with van der Waals surface area (Å²) in [6.45, 7) is 0.299. The zero-order valence-electron chi connectivity index (χ0n) is 11.9. The molecule has 114 valence electrons. The molecule has 0 atom stereocenters. The van der Waals surface area contributed by atoms with Crippen LogP contribution < -0.4 is 5.48 Å². The van der Waals surface area contributed by atoms with Gasteiger partial charge in [-0.15, -0.1) is 0 Å². The van der Waals surface area contributed by atoms with Crippen LogP contribution in [0.15, 0.2) is 59.1 Å². The second-order valence-corrected chi connectivity index (χ2v) is 5.65. The third-order valence-corrected chi connectivity index (χ3v) is 3.54. The van der Waals surface area contributed by atoms with Crippen molar-refractivity contribution >= 4 is 27.6 Å². The average Bonchev–Trinajstić information content (AvgIpc) is 2.54. The zero-order chi connectivity index (χ0) is 15.8. The molecule has 0 aliphatic heterocycles. The van der Waals surface area contributed by atoms with Crippen molar-refractivity contribution in [3.63, 3.8) is 0 Å². The first kappa shape index (κ1) is 16.4. The molecule has 2 aromatic rings. The Morgan fingerprint density at radius 3 is 2.32 bits per heavy atom. The Bertz CT molecular complexity index is 626. The molecule has 0 bridgehead atoms. The summed E-state index contributed by atoms with van der Waals surface area (Å²) < 4.78 is 0.913. The molecule has 0 saturated carbocycles. The Kier molecular flexibility index (Phi) is 6.30. The van der Waals surface area contributed by atoms with Gasteiger partial charge in [-0.25, -0.2) is 5.48 Å². The van der Waals surface area contributed by atoms with E-state index in [2.05, 4.69) is 21.4 Å². The number of benzene rings is 2. The van der Waals surface area contributed by atoms with Gasteiger partial charge in [0.25, 0.3) is 0 Å². The summed E-state index contributed by atoms with van der Waals surface area (Å²) >= 11 is 3.31. The number of ketones is 1. The van der Waals surface area contributed by atoms with Crippen molar-refractivity contribution in [3.05, 3.63) is 70.2 Å². The topological polar surface area (TPSA) is 55.4 Å². The molecule has 0 aliphatic carbocycles. The standard InChI is InChI=1S/C17H16BrNO3/c18-15-8-6-14(7-9-15)16(20)10-11-17(21)19-22-12-13-4-2-1-3-5-13/h1-9H,10-12H2,(H,19,21). The minimum absolute atomic E-state index is 0.0642. The number of carbonyl (C=O) groups is 2. The number of amides is 1. The van der Waals surface area contributed by atoms with E-state index in [1.807, 2.05) is 30.3 Å². The van der Waals surface area contributed by atoms with E-state index in [0.29, 0.717) is 12.2 Å². The maximum atomic E-state index is 11.9. The number of hydrogen-bond acceptors (Lipinski definition) is 3. The molecule has 1 amide bonds. The SMILES string of the molecule is O=C(CCC(=O)c1ccc(Br)cc1)NOCc1ccccc1. The van der Waals surface area contributed by atoms with Crippen LogP contribution in [0.3, 0.4) is 0 Å². The van der Waals surface area contributed by atoms with Gasteiger partial charge in [0.05, 0.1) is 6.61 Å². The average molecular weight is 362 g/mol. The first-order valence-electron chi connectivity index (χ1n) is 6.88. The molecule has 0 saturated heterocycles. The minimum atomic E-state index is -0.304. The van der Waals surface area contributed by atoms with Crippen molar-refractivity contribution in [3.8, 4) is 0 Å². The number of carbonyl (C=O) groups excluding carboxylic acids is 2. The molecule has 0 aliphatic rings. The molecule has 1 N–H and O–H groups in total. The van der Waals surface area contributed by atoms with Crippen molar-refractivity contribution in [1.82, 2.24) is 5.48 Å². The summed E-state index contributed by atoms with van der Waals surface area (Å²) in [6, 6.07) is 16.6. The van der Waals surface area contributed by atoms with Crippen molar-refractivity contribution in [2.45, 2.75) is 19.4 Å².